The third-order valence-electron chi connectivity index (χ3n) is 4.97. The molecule has 142 valence electrons. The lowest BCUT2D eigenvalue weighted by atomic mass is 9.87. The van der Waals surface area contributed by atoms with Gasteiger partial charge in [-0.1, -0.05) is 6.92 Å². The van der Waals surface area contributed by atoms with Gasteiger partial charge in [0.15, 0.2) is 12.4 Å². The molecule has 0 aromatic heterocycles. The number of rotatable bonds is 6. The average molecular weight is 369 g/mol. The summed E-state index contributed by atoms with van der Waals surface area (Å²) in [7, 11) is 0. The van der Waals surface area contributed by atoms with Crippen LogP contribution in [0, 0.1) is 11.7 Å². The quantitative estimate of drug-likeness (QED) is 0.779. The predicted octanol–water partition coefficient (Wildman–Crippen LogP) is 4.13. The fourth-order valence-electron chi connectivity index (χ4n) is 3.29. The molecule has 0 saturated heterocycles. The van der Waals surface area contributed by atoms with Gasteiger partial charge < -0.3 is 10.1 Å². The minimum Gasteiger partial charge on any atom is -0.484 e. The monoisotopic (exact) mass is 369 g/mol. The van der Waals surface area contributed by atoms with Crippen LogP contribution in [-0.4, -0.2) is 24.3 Å². The molecule has 0 aliphatic heterocycles. The molecule has 2 aromatic rings. The molecular weight excluding hydrogens is 345 g/mol. The summed E-state index contributed by atoms with van der Waals surface area (Å²) in [6.45, 7) is 2.20. The second-order valence-corrected chi connectivity index (χ2v) is 7.17. The fraction of sp³-hybridized carbons (Fsp3) is 0.364. The molecule has 1 saturated carbocycles. The lowest BCUT2D eigenvalue weighted by molar-refractivity contribution is -0.124. The normalized spacial score (nSPS) is 19.3. The first-order valence-electron chi connectivity index (χ1n) is 9.34. The van der Waals surface area contributed by atoms with E-state index in [2.05, 4.69) is 12.2 Å². The van der Waals surface area contributed by atoms with E-state index >= 15 is 0 Å². The lowest BCUT2D eigenvalue weighted by Crippen LogP contribution is -2.39. The molecule has 1 N–H and O–H groups in total. The zero-order valence-corrected chi connectivity index (χ0v) is 15.4. The third-order valence-corrected chi connectivity index (χ3v) is 4.97. The highest BCUT2D eigenvalue weighted by Gasteiger charge is 2.19. The fourth-order valence-corrected chi connectivity index (χ4v) is 3.29. The average Bonchev–Trinajstić information content (AvgIpc) is 2.69. The zero-order chi connectivity index (χ0) is 19.2. The topological polar surface area (TPSA) is 55.4 Å². The number of hydrogen-bond acceptors (Lipinski definition) is 3. The molecule has 0 heterocycles. The summed E-state index contributed by atoms with van der Waals surface area (Å²) in [5.41, 5.74) is 0.904. The number of hydrogen-bond donors (Lipinski definition) is 1. The largest absolute Gasteiger partial charge is 0.484 e. The van der Waals surface area contributed by atoms with E-state index in [-0.39, 0.29) is 30.2 Å². The predicted molar refractivity (Wildman–Crippen MR) is 101 cm³/mol. The van der Waals surface area contributed by atoms with Gasteiger partial charge in [0, 0.05) is 17.2 Å². The molecule has 0 unspecified atom stereocenters. The smallest absolute Gasteiger partial charge is 0.258 e. The Morgan fingerprint density at radius 3 is 2.11 bits per heavy atom. The Hall–Kier alpha value is -2.69. The molecule has 1 amide bonds. The molecule has 1 fully saturated rings. The number of halogens is 1. The van der Waals surface area contributed by atoms with Gasteiger partial charge in [0.2, 0.25) is 0 Å². The molecule has 1 aliphatic rings. The first kappa shape index (κ1) is 19.1. The Morgan fingerprint density at radius 1 is 0.963 bits per heavy atom. The van der Waals surface area contributed by atoms with E-state index in [1.807, 2.05) is 0 Å². The van der Waals surface area contributed by atoms with Gasteiger partial charge in [0.05, 0.1) is 0 Å². The van der Waals surface area contributed by atoms with Gasteiger partial charge in [0.25, 0.3) is 5.91 Å². The van der Waals surface area contributed by atoms with Gasteiger partial charge in [-0.2, -0.15) is 0 Å². The van der Waals surface area contributed by atoms with E-state index in [1.54, 1.807) is 24.3 Å². The minimum absolute atomic E-state index is 0.0443. The van der Waals surface area contributed by atoms with Crippen LogP contribution in [0.3, 0.4) is 0 Å². The van der Waals surface area contributed by atoms with Crippen LogP contribution in [0.1, 0.15) is 48.5 Å². The second kappa shape index (κ2) is 8.80. The van der Waals surface area contributed by atoms with Crippen LogP contribution in [-0.2, 0) is 4.79 Å². The van der Waals surface area contributed by atoms with Gasteiger partial charge in [-0.15, -0.1) is 0 Å². The summed E-state index contributed by atoms with van der Waals surface area (Å²) in [6.07, 6.45) is 4.34. The molecule has 2 aromatic carbocycles. The molecule has 5 heteroatoms. The van der Waals surface area contributed by atoms with Crippen molar-refractivity contribution in [2.75, 3.05) is 6.61 Å². The van der Waals surface area contributed by atoms with Gasteiger partial charge >= 0.3 is 0 Å². The van der Waals surface area contributed by atoms with E-state index in [9.17, 15) is 14.0 Å². The summed E-state index contributed by atoms with van der Waals surface area (Å²) < 4.78 is 18.5. The molecular formula is C22H24FNO3. The van der Waals surface area contributed by atoms with Crippen LogP contribution in [0.2, 0.25) is 0 Å². The Bertz CT molecular complexity index is 778. The number of ketones is 1. The van der Waals surface area contributed by atoms with Crippen molar-refractivity contribution < 1.29 is 18.7 Å². The molecule has 3 rings (SSSR count). The van der Waals surface area contributed by atoms with Crippen LogP contribution in [0.25, 0.3) is 0 Å². The van der Waals surface area contributed by atoms with E-state index in [1.165, 1.54) is 24.3 Å². The van der Waals surface area contributed by atoms with Crippen molar-refractivity contribution >= 4 is 11.7 Å². The van der Waals surface area contributed by atoms with E-state index in [4.69, 9.17) is 4.74 Å². The maximum Gasteiger partial charge on any atom is 0.258 e. The second-order valence-electron chi connectivity index (χ2n) is 7.17. The number of carbonyl (C=O) groups excluding carboxylic acids is 2. The highest BCUT2D eigenvalue weighted by molar-refractivity contribution is 6.09. The van der Waals surface area contributed by atoms with Crippen molar-refractivity contribution in [3.63, 3.8) is 0 Å². The van der Waals surface area contributed by atoms with Gasteiger partial charge in [-0.05, 0) is 80.1 Å². The molecule has 0 atom stereocenters. The summed E-state index contributed by atoms with van der Waals surface area (Å²) in [5.74, 6) is 0.576. The highest BCUT2D eigenvalue weighted by Crippen LogP contribution is 2.23. The first-order valence-corrected chi connectivity index (χ1v) is 9.34. The number of nitrogens with one attached hydrogen (secondary N) is 1. The van der Waals surface area contributed by atoms with Gasteiger partial charge in [-0.25, -0.2) is 4.39 Å². The summed E-state index contributed by atoms with van der Waals surface area (Å²) in [4.78, 5) is 24.4. The molecule has 1 aliphatic carbocycles. The number of ether oxygens (including phenoxy) is 1. The Kier molecular flexibility index (Phi) is 6.22. The molecule has 27 heavy (non-hydrogen) atoms. The number of amides is 1. The van der Waals surface area contributed by atoms with Crippen LogP contribution in [0.5, 0.6) is 5.75 Å². The first-order chi connectivity index (χ1) is 13.0. The van der Waals surface area contributed by atoms with Crippen LogP contribution >= 0.6 is 0 Å². The van der Waals surface area contributed by atoms with Crippen molar-refractivity contribution in [1.29, 1.82) is 0 Å². The Labute approximate surface area is 158 Å². The lowest BCUT2D eigenvalue weighted by Gasteiger charge is -2.26. The van der Waals surface area contributed by atoms with Crippen LogP contribution < -0.4 is 10.1 Å². The summed E-state index contributed by atoms with van der Waals surface area (Å²) >= 11 is 0. The Morgan fingerprint density at radius 2 is 1.52 bits per heavy atom. The van der Waals surface area contributed by atoms with Crippen LogP contribution in [0.4, 0.5) is 4.39 Å². The molecule has 0 spiro atoms. The van der Waals surface area contributed by atoms with Crippen molar-refractivity contribution in [3.05, 3.63) is 65.5 Å². The van der Waals surface area contributed by atoms with E-state index < -0.39 is 0 Å². The van der Waals surface area contributed by atoms with Crippen molar-refractivity contribution in [2.24, 2.45) is 5.92 Å². The minimum atomic E-state index is -0.378. The third kappa shape index (κ3) is 5.39. The SMILES string of the molecule is CC1CCC(NC(=O)COc2ccc(C(=O)c3ccc(F)cc3)cc2)CC1. The summed E-state index contributed by atoms with van der Waals surface area (Å²) in [5, 5.41) is 3.02. The standard InChI is InChI=1S/C22H24FNO3/c1-15-2-10-19(11-3-15)24-21(25)14-27-20-12-6-17(7-13-20)22(26)16-4-8-18(23)9-5-16/h4-9,12-13,15,19H,2-3,10-11,14H2,1H3,(H,24,25). The zero-order valence-electron chi connectivity index (χ0n) is 15.4. The maximum atomic E-state index is 13.0. The number of carbonyl (C=O) groups is 2. The summed E-state index contributed by atoms with van der Waals surface area (Å²) in [6, 6.07) is 12.3. The Balaban J connectivity index is 1.49. The van der Waals surface area contributed by atoms with Crippen LogP contribution in [0.15, 0.2) is 48.5 Å². The van der Waals surface area contributed by atoms with Crippen molar-refractivity contribution in [1.82, 2.24) is 5.32 Å². The number of benzene rings is 2. The van der Waals surface area contributed by atoms with E-state index in [0.29, 0.717) is 16.9 Å². The molecule has 0 radical (unpaired) electrons. The van der Waals surface area contributed by atoms with Crippen molar-refractivity contribution in [2.45, 2.75) is 38.6 Å². The highest BCUT2D eigenvalue weighted by atomic mass is 19.1. The van der Waals surface area contributed by atoms with E-state index in [0.717, 1.165) is 31.6 Å². The van der Waals surface area contributed by atoms with Gasteiger partial charge in [0.1, 0.15) is 11.6 Å². The van der Waals surface area contributed by atoms with Crippen molar-refractivity contribution in [3.8, 4) is 5.75 Å². The van der Waals surface area contributed by atoms with Gasteiger partial charge in [-0.3, -0.25) is 9.59 Å². The molecule has 4 nitrogen and oxygen atoms in total. The molecule has 0 bridgehead atoms. The maximum absolute atomic E-state index is 13.0.